The number of likely N-dealkylation sites (N-methyl/N-ethyl adjacent to an activating group) is 1. The maximum absolute atomic E-state index is 12.8. The number of nitrogens with zero attached hydrogens (tertiary/aromatic N) is 3. The minimum atomic E-state index is -0.762. The number of piperazine rings is 2. The minimum absolute atomic E-state index is 0.0464. The summed E-state index contributed by atoms with van der Waals surface area (Å²) in [5, 5.41) is 5.55. The molecule has 1 aromatic rings. The number of anilines is 1. The van der Waals surface area contributed by atoms with Gasteiger partial charge in [-0.15, -0.1) is 0 Å². The number of hydrogen-bond donors (Lipinski definition) is 2. The molecule has 2 aliphatic heterocycles. The van der Waals surface area contributed by atoms with Crippen molar-refractivity contribution in [1.29, 1.82) is 0 Å². The number of nitrogens with one attached hydrogen (secondary N) is 2. The number of carbonyl (C=O) groups is 3. The van der Waals surface area contributed by atoms with Crippen LogP contribution in [0.3, 0.4) is 0 Å². The lowest BCUT2D eigenvalue weighted by molar-refractivity contribution is -0.145. The fourth-order valence-corrected chi connectivity index (χ4v) is 3.41. The molecule has 2 aliphatic rings. The SMILES string of the molecule is CN1CCN(CC(=O)N2CCNC(=O)C2CC(=O)Nc2ccccc2)CC1. The van der Waals surface area contributed by atoms with Crippen LogP contribution in [0.15, 0.2) is 30.3 Å². The first kappa shape index (κ1) is 19.3. The second-order valence-corrected chi connectivity index (χ2v) is 7.09. The molecule has 0 bridgehead atoms. The van der Waals surface area contributed by atoms with Crippen molar-refractivity contribution in [2.75, 3.05) is 58.2 Å². The summed E-state index contributed by atoms with van der Waals surface area (Å²) in [7, 11) is 2.06. The van der Waals surface area contributed by atoms with E-state index in [1.807, 2.05) is 18.2 Å². The predicted molar refractivity (Wildman–Crippen MR) is 102 cm³/mol. The Labute approximate surface area is 159 Å². The lowest BCUT2D eigenvalue weighted by atomic mass is 10.1. The van der Waals surface area contributed by atoms with E-state index in [4.69, 9.17) is 0 Å². The highest BCUT2D eigenvalue weighted by Gasteiger charge is 2.35. The highest BCUT2D eigenvalue weighted by Crippen LogP contribution is 2.13. The van der Waals surface area contributed by atoms with Crippen LogP contribution in [0.4, 0.5) is 5.69 Å². The number of para-hydroxylation sites is 1. The van der Waals surface area contributed by atoms with Crippen LogP contribution in [0.2, 0.25) is 0 Å². The molecule has 1 atom stereocenters. The summed E-state index contributed by atoms with van der Waals surface area (Å²) in [6.07, 6.45) is -0.0464. The fourth-order valence-electron chi connectivity index (χ4n) is 3.41. The smallest absolute Gasteiger partial charge is 0.243 e. The third-order valence-corrected chi connectivity index (χ3v) is 5.04. The van der Waals surface area contributed by atoms with E-state index in [9.17, 15) is 14.4 Å². The summed E-state index contributed by atoms with van der Waals surface area (Å²) in [5.41, 5.74) is 0.675. The summed E-state index contributed by atoms with van der Waals surface area (Å²) in [6, 6.07) is 8.33. The molecule has 0 radical (unpaired) electrons. The van der Waals surface area contributed by atoms with Gasteiger partial charge in [-0.3, -0.25) is 19.3 Å². The zero-order valence-corrected chi connectivity index (χ0v) is 15.7. The Morgan fingerprint density at radius 2 is 1.81 bits per heavy atom. The first-order valence-electron chi connectivity index (χ1n) is 9.36. The second kappa shape index (κ2) is 8.96. The average Bonchev–Trinajstić information content (AvgIpc) is 2.66. The quantitative estimate of drug-likeness (QED) is 0.733. The van der Waals surface area contributed by atoms with Gasteiger partial charge in [0, 0.05) is 45.0 Å². The normalized spacial score (nSPS) is 21.6. The second-order valence-electron chi connectivity index (χ2n) is 7.09. The van der Waals surface area contributed by atoms with Gasteiger partial charge >= 0.3 is 0 Å². The monoisotopic (exact) mass is 373 g/mol. The first-order valence-corrected chi connectivity index (χ1v) is 9.36. The van der Waals surface area contributed by atoms with Crippen molar-refractivity contribution in [3.8, 4) is 0 Å². The van der Waals surface area contributed by atoms with Gasteiger partial charge in [-0.1, -0.05) is 18.2 Å². The van der Waals surface area contributed by atoms with E-state index in [0.29, 0.717) is 18.8 Å². The number of hydrogen-bond acceptors (Lipinski definition) is 5. The fraction of sp³-hybridized carbons (Fsp3) is 0.526. The van der Waals surface area contributed by atoms with Crippen molar-refractivity contribution < 1.29 is 14.4 Å². The van der Waals surface area contributed by atoms with Gasteiger partial charge in [-0.25, -0.2) is 0 Å². The molecule has 0 spiro atoms. The Kier molecular flexibility index (Phi) is 6.41. The maximum atomic E-state index is 12.8. The van der Waals surface area contributed by atoms with Crippen LogP contribution < -0.4 is 10.6 Å². The van der Waals surface area contributed by atoms with E-state index in [2.05, 4.69) is 27.5 Å². The van der Waals surface area contributed by atoms with Crippen LogP contribution in [-0.2, 0) is 14.4 Å². The van der Waals surface area contributed by atoms with Crippen molar-refractivity contribution in [3.63, 3.8) is 0 Å². The molecule has 0 aromatic heterocycles. The summed E-state index contributed by atoms with van der Waals surface area (Å²) >= 11 is 0. The number of benzene rings is 1. The first-order chi connectivity index (χ1) is 13.0. The van der Waals surface area contributed by atoms with Crippen LogP contribution >= 0.6 is 0 Å². The molecule has 3 amide bonds. The zero-order chi connectivity index (χ0) is 19.2. The molecule has 2 fully saturated rings. The molecule has 8 heteroatoms. The molecule has 8 nitrogen and oxygen atoms in total. The molecule has 1 aromatic carbocycles. The van der Waals surface area contributed by atoms with Gasteiger partial charge in [0.15, 0.2) is 0 Å². The van der Waals surface area contributed by atoms with Crippen molar-refractivity contribution >= 4 is 23.4 Å². The van der Waals surface area contributed by atoms with Crippen molar-refractivity contribution in [3.05, 3.63) is 30.3 Å². The van der Waals surface area contributed by atoms with Gasteiger partial charge < -0.3 is 20.4 Å². The van der Waals surface area contributed by atoms with Gasteiger partial charge in [-0.2, -0.15) is 0 Å². The maximum Gasteiger partial charge on any atom is 0.243 e. The minimum Gasteiger partial charge on any atom is -0.353 e. The van der Waals surface area contributed by atoms with E-state index in [-0.39, 0.29) is 30.7 Å². The van der Waals surface area contributed by atoms with Crippen molar-refractivity contribution in [2.24, 2.45) is 0 Å². The van der Waals surface area contributed by atoms with E-state index in [0.717, 1.165) is 26.2 Å². The van der Waals surface area contributed by atoms with Crippen molar-refractivity contribution in [1.82, 2.24) is 20.0 Å². The molecule has 3 rings (SSSR count). The van der Waals surface area contributed by atoms with Crippen LogP contribution in [0.25, 0.3) is 0 Å². The standard InChI is InChI=1S/C19H27N5O3/c1-22-9-11-23(12-10-22)14-18(26)24-8-7-20-19(27)16(24)13-17(25)21-15-5-3-2-4-6-15/h2-6,16H,7-14H2,1H3,(H,20,27)(H,21,25). The lowest BCUT2D eigenvalue weighted by Crippen LogP contribution is -2.60. The Balaban J connectivity index is 1.59. The van der Waals surface area contributed by atoms with Gasteiger partial charge in [0.2, 0.25) is 17.7 Å². The van der Waals surface area contributed by atoms with E-state index in [1.165, 1.54) is 0 Å². The van der Waals surface area contributed by atoms with E-state index in [1.54, 1.807) is 17.0 Å². The molecule has 27 heavy (non-hydrogen) atoms. The Morgan fingerprint density at radius 3 is 2.52 bits per heavy atom. The highest BCUT2D eigenvalue weighted by atomic mass is 16.2. The number of rotatable bonds is 5. The van der Waals surface area contributed by atoms with Gasteiger partial charge in [0.25, 0.3) is 0 Å². The summed E-state index contributed by atoms with van der Waals surface area (Å²) < 4.78 is 0. The number of amides is 3. The largest absolute Gasteiger partial charge is 0.353 e. The molecule has 2 heterocycles. The van der Waals surface area contributed by atoms with Crippen LogP contribution in [-0.4, -0.2) is 91.3 Å². The van der Waals surface area contributed by atoms with Crippen molar-refractivity contribution in [2.45, 2.75) is 12.5 Å². The predicted octanol–water partition coefficient (Wildman–Crippen LogP) is -0.410. The van der Waals surface area contributed by atoms with Crippen LogP contribution in [0.1, 0.15) is 6.42 Å². The average molecular weight is 373 g/mol. The topological polar surface area (TPSA) is 85.0 Å². The van der Waals surface area contributed by atoms with Crippen LogP contribution in [0, 0.1) is 0 Å². The molecule has 0 aliphatic carbocycles. The molecular weight excluding hydrogens is 346 g/mol. The van der Waals surface area contributed by atoms with E-state index >= 15 is 0 Å². The Hall–Kier alpha value is -2.45. The zero-order valence-electron chi connectivity index (χ0n) is 15.7. The van der Waals surface area contributed by atoms with Gasteiger partial charge in [0.05, 0.1) is 13.0 Å². The lowest BCUT2D eigenvalue weighted by Gasteiger charge is -2.37. The third kappa shape index (κ3) is 5.27. The summed E-state index contributed by atoms with van der Waals surface area (Å²) in [5.74, 6) is -0.635. The highest BCUT2D eigenvalue weighted by molar-refractivity contribution is 5.97. The molecule has 2 saturated heterocycles. The molecule has 0 saturated carbocycles. The van der Waals surface area contributed by atoms with Gasteiger partial charge in [-0.05, 0) is 19.2 Å². The molecule has 2 N–H and O–H groups in total. The molecular formula is C19H27N5O3. The number of carbonyl (C=O) groups excluding carboxylic acids is 3. The van der Waals surface area contributed by atoms with Gasteiger partial charge in [0.1, 0.15) is 6.04 Å². The Bertz CT molecular complexity index is 673. The summed E-state index contributed by atoms with van der Waals surface area (Å²) in [6.45, 7) is 4.67. The Morgan fingerprint density at radius 1 is 1.11 bits per heavy atom. The van der Waals surface area contributed by atoms with Crippen LogP contribution in [0.5, 0.6) is 0 Å². The molecule has 1 unspecified atom stereocenters. The van der Waals surface area contributed by atoms with E-state index < -0.39 is 6.04 Å². The summed E-state index contributed by atoms with van der Waals surface area (Å²) in [4.78, 5) is 43.4. The molecule has 146 valence electrons. The third-order valence-electron chi connectivity index (χ3n) is 5.04.